The van der Waals surface area contributed by atoms with Crippen LogP contribution in [0.2, 0.25) is 0 Å². The lowest BCUT2D eigenvalue weighted by atomic mass is 10.1. The van der Waals surface area contributed by atoms with E-state index in [2.05, 4.69) is 0 Å². The second-order valence-electron chi connectivity index (χ2n) is 4.12. The van der Waals surface area contributed by atoms with E-state index in [0.717, 1.165) is 5.57 Å². The van der Waals surface area contributed by atoms with Crippen LogP contribution in [0.15, 0.2) is 11.6 Å². The second kappa shape index (κ2) is 3.31. The number of rotatable bonds is 2. The highest BCUT2D eigenvalue weighted by Crippen LogP contribution is 2.38. The van der Waals surface area contributed by atoms with E-state index >= 15 is 0 Å². The lowest BCUT2D eigenvalue weighted by Crippen LogP contribution is -2.30. The number of methoxy groups -OCH3 is 1. The van der Waals surface area contributed by atoms with E-state index in [9.17, 15) is 0 Å². The molecule has 0 saturated carbocycles. The second-order valence-corrected chi connectivity index (χ2v) is 4.12. The minimum Gasteiger partial charge on any atom is -0.392 e. The van der Waals surface area contributed by atoms with Crippen LogP contribution < -0.4 is 0 Å². The molecule has 4 nitrogen and oxygen atoms in total. The average Bonchev–Trinajstić information content (AvgIpc) is 2.57. The standard InChI is InChI=1S/C10H16O4/c1-10(2)13-8-6(5-11)4-7(12-3)9(8)14-10/h4,7-9,11H,5H2,1-3H3/t7-,8-,9+/m0/s1. The fraction of sp³-hybridized carbons (Fsp3) is 0.800. The molecule has 0 aromatic carbocycles. The van der Waals surface area contributed by atoms with Crippen LogP contribution in [0.3, 0.4) is 0 Å². The SMILES string of the molecule is CO[C@H]1C=C(CO)[C@@H]2OC(C)(C)O[C@H]12. The van der Waals surface area contributed by atoms with Gasteiger partial charge in [-0.1, -0.05) is 0 Å². The van der Waals surface area contributed by atoms with Gasteiger partial charge >= 0.3 is 0 Å². The lowest BCUT2D eigenvalue weighted by molar-refractivity contribution is -0.154. The monoisotopic (exact) mass is 200 g/mol. The molecule has 1 aliphatic carbocycles. The molecule has 0 aromatic rings. The summed E-state index contributed by atoms with van der Waals surface area (Å²) >= 11 is 0. The van der Waals surface area contributed by atoms with Crippen molar-refractivity contribution in [2.24, 2.45) is 0 Å². The Labute approximate surface area is 83.5 Å². The molecule has 0 amide bonds. The van der Waals surface area contributed by atoms with E-state index in [4.69, 9.17) is 19.3 Å². The minimum absolute atomic E-state index is 0.000463. The molecular weight excluding hydrogens is 184 g/mol. The maximum Gasteiger partial charge on any atom is 0.164 e. The van der Waals surface area contributed by atoms with Crippen molar-refractivity contribution in [2.45, 2.75) is 37.9 Å². The number of ether oxygens (including phenoxy) is 3. The van der Waals surface area contributed by atoms with Gasteiger partial charge < -0.3 is 19.3 Å². The van der Waals surface area contributed by atoms with Crippen molar-refractivity contribution in [3.63, 3.8) is 0 Å². The number of hydrogen-bond acceptors (Lipinski definition) is 4. The van der Waals surface area contributed by atoms with Gasteiger partial charge in [0.15, 0.2) is 5.79 Å². The highest BCUT2D eigenvalue weighted by atomic mass is 16.8. The molecule has 80 valence electrons. The fourth-order valence-electron chi connectivity index (χ4n) is 2.06. The van der Waals surface area contributed by atoms with Crippen molar-refractivity contribution in [2.75, 3.05) is 13.7 Å². The van der Waals surface area contributed by atoms with Crippen LogP contribution in [-0.2, 0) is 14.2 Å². The molecule has 4 heteroatoms. The molecule has 0 unspecified atom stereocenters. The molecular formula is C10H16O4. The van der Waals surface area contributed by atoms with Crippen molar-refractivity contribution in [3.05, 3.63) is 11.6 Å². The third-order valence-corrected chi connectivity index (χ3v) is 2.65. The van der Waals surface area contributed by atoms with Gasteiger partial charge in [-0.05, 0) is 25.5 Å². The van der Waals surface area contributed by atoms with Crippen molar-refractivity contribution in [1.82, 2.24) is 0 Å². The summed E-state index contributed by atoms with van der Waals surface area (Å²) in [7, 11) is 1.63. The third-order valence-electron chi connectivity index (χ3n) is 2.65. The summed E-state index contributed by atoms with van der Waals surface area (Å²) in [6.45, 7) is 3.74. The van der Waals surface area contributed by atoms with E-state index in [1.54, 1.807) is 7.11 Å². The molecule has 2 rings (SSSR count). The summed E-state index contributed by atoms with van der Waals surface area (Å²) in [6.07, 6.45) is 1.51. The smallest absolute Gasteiger partial charge is 0.164 e. The molecule has 0 bridgehead atoms. The van der Waals surface area contributed by atoms with E-state index < -0.39 is 5.79 Å². The Balaban J connectivity index is 2.19. The van der Waals surface area contributed by atoms with Crippen LogP contribution in [-0.4, -0.2) is 42.9 Å². The quantitative estimate of drug-likeness (QED) is 0.658. The van der Waals surface area contributed by atoms with Crippen LogP contribution in [0.1, 0.15) is 13.8 Å². The first-order valence-electron chi connectivity index (χ1n) is 4.77. The topological polar surface area (TPSA) is 47.9 Å². The van der Waals surface area contributed by atoms with Gasteiger partial charge in [-0.15, -0.1) is 0 Å². The maximum atomic E-state index is 9.14. The van der Waals surface area contributed by atoms with Gasteiger partial charge in [0.1, 0.15) is 18.3 Å². The molecule has 1 N–H and O–H groups in total. The van der Waals surface area contributed by atoms with Crippen molar-refractivity contribution >= 4 is 0 Å². The predicted molar refractivity (Wildman–Crippen MR) is 49.8 cm³/mol. The van der Waals surface area contributed by atoms with E-state index in [1.165, 1.54) is 0 Å². The van der Waals surface area contributed by atoms with Crippen LogP contribution in [0.5, 0.6) is 0 Å². The zero-order valence-corrected chi connectivity index (χ0v) is 8.69. The van der Waals surface area contributed by atoms with Gasteiger partial charge in [0, 0.05) is 7.11 Å². The molecule has 14 heavy (non-hydrogen) atoms. The predicted octanol–water partition coefficient (Wildman–Crippen LogP) is 0.454. The number of aliphatic hydroxyl groups excluding tert-OH is 1. The molecule has 0 spiro atoms. The highest BCUT2D eigenvalue weighted by molar-refractivity contribution is 5.25. The summed E-state index contributed by atoms with van der Waals surface area (Å²) in [6, 6.07) is 0. The number of aliphatic hydroxyl groups is 1. The van der Waals surface area contributed by atoms with E-state index in [0.29, 0.717) is 0 Å². The molecule has 2 aliphatic rings. The first-order valence-corrected chi connectivity index (χ1v) is 4.77. The highest BCUT2D eigenvalue weighted by Gasteiger charge is 2.49. The van der Waals surface area contributed by atoms with Crippen molar-refractivity contribution in [3.8, 4) is 0 Å². The summed E-state index contributed by atoms with van der Waals surface area (Å²) in [5, 5.41) is 9.14. The normalized spacial score (nSPS) is 39.7. The zero-order chi connectivity index (χ0) is 10.3. The molecule has 0 aromatic heterocycles. The summed E-state index contributed by atoms with van der Waals surface area (Å²) in [5.74, 6) is -0.583. The third kappa shape index (κ3) is 1.48. The number of hydrogen-bond donors (Lipinski definition) is 1. The van der Waals surface area contributed by atoms with Gasteiger partial charge in [0.05, 0.1) is 6.61 Å². The van der Waals surface area contributed by atoms with Crippen molar-refractivity contribution in [1.29, 1.82) is 0 Å². The Morgan fingerprint density at radius 2 is 2.21 bits per heavy atom. The van der Waals surface area contributed by atoms with Crippen LogP contribution in [0.4, 0.5) is 0 Å². The Morgan fingerprint density at radius 1 is 1.50 bits per heavy atom. The number of fused-ring (bicyclic) bond motifs is 1. The zero-order valence-electron chi connectivity index (χ0n) is 8.69. The van der Waals surface area contributed by atoms with Gasteiger partial charge in [-0.25, -0.2) is 0 Å². The molecule has 0 radical (unpaired) electrons. The Hall–Kier alpha value is -0.420. The molecule has 1 fully saturated rings. The summed E-state index contributed by atoms with van der Waals surface area (Å²) in [4.78, 5) is 0. The first-order chi connectivity index (χ1) is 6.57. The summed E-state index contributed by atoms with van der Waals surface area (Å²) in [5.41, 5.74) is 0.854. The van der Waals surface area contributed by atoms with Crippen LogP contribution in [0, 0.1) is 0 Å². The minimum atomic E-state index is -0.583. The van der Waals surface area contributed by atoms with Gasteiger partial charge in [-0.2, -0.15) is 0 Å². The Morgan fingerprint density at radius 3 is 2.79 bits per heavy atom. The summed E-state index contributed by atoms with van der Waals surface area (Å²) < 4.78 is 16.6. The Kier molecular flexibility index (Phi) is 2.39. The van der Waals surface area contributed by atoms with Gasteiger partial charge in [0.2, 0.25) is 0 Å². The largest absolute Gasteiger partial charge is 0.392 e. The molecule has 1 heterocycles. The molecule has 1 saturated heterocycles. The van der Waals surface area contributed by atoms with Crippen molar-refractivity contribution < 1.29 is 19.3 Å². The van der Waals surface area contributed by atoms with E-state index in [1.807, 2.05) is 19.9 Å². The maximum absolute atomic E-state index is 9.14. The van der Waals surface area contributed by atoms with E-state index in [-0.39, 0.29) is 24.9 Å². The molecule has 3 atom stereocenters. The Bertz CT molecular complexity index is 259. The fourth-order valence-corrected chi connectivity index (χ4v) is 2.06. The van der Waals surface area contributed by atoms with Gasteiger partial charge in [0.25, 0.3) is 0 Å². The van der Waals surface area contributed by atoms with Gasteiger partial charge in [-0.3, -0.25) is 0 Å². The van der Waals surface area contributed by atoms with Crippen LogP contribution >= 0.6 is 0 Å². The lowest BCUT2D eigenvalue weighted by Gasteiger charge is -2.19. The molecule has 1 aliphatic heterocycles. The first kappa shape index (κ1) is 10.1. The average molecular weight is 200 g/mol. The van der Waals surface area contributed by atoms with Crippen LogP contribution in [0.25, 0.3) is 0 Å².